The van der Waals surface area contributed by atoms with E-state index in [1.807, 2.05) is 0 Å². The van der Waals surface area contributed by atoms with Gasteiger partial charge in [-0.1, -0.05) is 12.1 Å². The van der Waals surface area contributed by atoms with E-state index in [0.717, 1.165) is 0 Å². The molecule has 2 aromatic rings. The van der Waals surface area contributed by atoms with Gasteiger partial charge in [0.15, 0.2) is 0 Å². The zero-order valence-electron chi connectivity index (χ0n) is 14.1. The van der Waals surface area contributed by atoms with E-state index in [1.165, 1.54) is 12.1 Å². The van der Waals surface area contributed by atoms with Crippen LogP contribution in [0.4, 0.5) is 4.39 Å². The van der Waals surface area contributed by atoms with Gasteiger partial charge in [-0.25, -0.2) is 14.0 Å². The Morgan fingerprint density at radius 3 is 2.38 bits per heavy atom. The van der Waals surface area contributed by atoms with Gasteiger partial charge in [0.25, 0.3) is 0 Å². The number of rotatable bonds is 5. The number of H-pyrrole nitrogens is 1. The molecule has 0 aliphatic heterocycles. The van der Waals surface area contributed by atoms with Crippen LogP contribution in [0.1, 0.15) is 57.6 Å². The van der Waals surface area contributed by atoms with Gasteiger partial charge in [0.2, 0.25) is 0 Å². The molecule has 0 aliphatic carbocycles. The number of hydrogen-bond acceptors (Lipinski definition) is 4. The summed E-state index contributed by atoms with van der Waals surface area (Å²) in [5.41, 5.74) is 2.26. The van der Waals surface area contributed by atoms with Crippen molar-refractivity contribution < 1.29 is 23.5 Å². The molecule has 6 heteroatoms. The molecule has 1 atom stereocenters. The van der Waals surface area contributed by atoms with Crippen molar-refractivity contribution >= 4 is 11.9 Å². The maximum atomic E-state index is 13.0. The molecule has 0 amide bonds. The molecule has 0 spiro atoms. The third-order valence-corrected chi connectivity index (χ3v) is 3.74. The molecule has 128 valence electrons. The Morgan fingerprint density at radius 1 is 1.17 bits per heavy atom. The molecule has 1 heterocycles. The van der Waals surface area contributed by atoms with Gasteiger partial charge in [0, 0.05) is 5.69 Å². The van der Waals surface area contributed by atoms with Crippen LogP contribution in [0.25, 0.3) is 0 Å². The topological polar surface area (TPSA) is 68.4 Å². The van der Waals surface area contributed by atoms with Crippen LogP contribution in [-0.4, -0.2) is 23.5 Å². The van der Waals surface area contributed by atoms with Crippen molar-refractivity contribution in [2.24, 2.45) is 0 Å². The molecular weight excluding hydrogens is 313 g/mol. The Balaban J connectivity index is 2.20. The summed E-state index contributed by atoms with van der Waals surface area (Å²) >= 11 is 0. The normalized spacial score (nSPS) is 11.9. The van der Waals surface area contributed by atoms with Gasteiger partial charge in [-0.3, -0.25) is 0 Å². The number of halogens is 1. The third-order valence-electron chi connectivity index (χ3n) is 3.74. The fourth-order valence-electron chi connectivity index (χ4n) is 2.48. The second kappa shape index (κ2) is 7.29. The lowest BCUT2D eigenvalue weighted by atomic mass is 10.1. The standard InChI is InChI=1S/C18H20FNO4/c1-5-23-18(22)16-10(2)15(11(3)20-16)17(21)24-12(4)13-6-8-14(19)9-7-13/h6-9,12,20H,5H2,1-4H3/t12-/m0/s1. The van der Waals surface area contributed by atoms with Crippen molar-refractivity contribution in [2.75, 3.05) is 6.61 Å². The summed E-state index contributed by atoms with van der Waals surface area (Å²) < 4.78 is 23.4. The minimum atomic E-state index is -0.548. The summed E-state index contributed by atoms with van der Waals surface area (Å²) in [6, 6.07) is 5.75. The van der Waals surface area contributed by atoms with Gasteiger partial charge in [-0.15, -0.1) is 0 Å². The first kappa shape index (κ1) is 17.7. The first-order valence-corrected chi connectivity index (χ1v) is 7.67. The van der Waals surface area contributed by atoms with Crippen LogP contribution in [0.5, 0.6) is 0 Å². The lowest BCUT2D eigenvalue weighted by Crippen LogP contribution is -2.11. The monoisotopic (exact) mass is 333 g/mol. The molecule has 0 saturated carbocycles. The van der Waals surface area contributed by atoms with Crippen molar-refractivity contribution in [3.63, 3.8) is 0 Å². The van der Waals surface area contributed by atoms with Crippen molar-refractivity contribution in [1.82, 2.24) is 4.98 Å². The van der Waals surface area contributed by atoms with E-state index in [1.54, 1.807) is 39.8 Å². The SMILES string of the molecule is CCOC(=O)c1[nH]c(C)c(C(=O)O[C@@H](C)c2ccc(F)cc2)c1C. The van der Waals surface area contributed by atoms with Gasteiger partial charge in [-0.2, -0.15) is 0 Å². The smallest absolute Gasteiger partial charge is 0.355 e. The van der Waals surface area contributed by atoms with Crippen molar-refractivity contribution in [3.05, 3.63) is 58.2 Å². The zero-order chi connectivity index (χ0) is 17.9. The Kier molecular flexibility index (Phi) is 5.39. The Bertz CT molecular complexity index is 749. The first-order chi connectivity index (χ1) is 11.3. The predicted molar refractivity (Wildman–Crippen MR) is 86.5 cm³/mol. The van der Waals surface area contributed by atoms with E-state index in [9.17, 15) is 14.0 Å². The Labute approximate surface area is 139 Å². The lowest BCUT2D eigenvalue weighted by molar-refractivity contribution is 0.0336. The number of carbonyl (C=O) groups excluding carboxylic acids is 2. The summed E-state index contributed by atoms with van der Waals surface area (Å²) in [6.45, 7) is 7.01. The maximum Gasteiger partial charge on any atom is 0.355 e. The maximum absolute atomic E-state index is 13.0. The molecule has 5 nitrogen and oxygen atoms in total. The van der Waals surface area contributed by atoms with E-state index in [2.05, 4.69) is 4.98 Å². The van der Waals surface area contributed by atoms with Gasteiger partial charge < -0.3 is 14.5 Å². The average Bonchev–Trinajstić information content (AvgIpc) is 2.83. The highest BCUT2D eigenvalue weighted by Crippen LogP contribution is 2.24. The van der Waals surface area contributed by atoms with E-state index in [0.29, 0.717) is 22.4 Å². The van der Waals surface area contributed by atoms with E-state index < -0.39 is 18.0 Å². The number of aryl methyl sites for hydroxylation is 1. The highest BCUT2D eigenvalue weighted by molar-refractivity contribution is 5.98. The quantitative estimate of drug-likeness (QED) is 0.844. The van der Waals surface area contributed by atoms with Crippen LogP contribution in [0.2, 0.25) is 0 Å². The molecule has 1 aromatic carbocycles. The lowest BCUT2D eigenvalue weighted by Gasteiger charge is -2.14. The Hall–Kier alpha value is -2.63. The second-order valence-electron chi connectivity index (χ2n) is 5.44. The first-order valence-electron chi connectivity index (χ1n) is 7.67. The number of hydrogen-bond donors (Lipinski definition) is 1. The van der Waals surface area contributed by atoms with Crippen LogP contribution in [0.3, 0.4) is 0 Å². The minimum Gasteiger partial charge on any atom is -0.461 e. The zero-order valence-corrected chi connectivity index (χ0v) is 14.1. The fourth-order valence-corrected chi connectivity index (χ4v) is 2.48. The summed E-state index contributed by atoms with van der Waals surface area (Å²) in [5.74, 6) is -1.41. The third kappa shape index (κ3) is 3.64. The molecule has 0 bridgehead atoms. The number of nitrogens with one attached hydrogen (secondary N) is 1. The van der Waals surface area contributed by atoms with Crippen molar-refractivity contribution in [3.8, 4) is 0 Å². The largest absolute Gasteiger partial charge is 0.461 e. The van der Waals surface area contributed by atoms with Crippen LogP contribution in [-0.2, 0) is 9.47 Å². The fraction of sp³-hybridized carbons (Fsp3) is 0.333. The van der Waals surface area contributed by atoms with Gasteiger partial charge in [0.1, 0.15) is 17.6 Å². The molecule has 0 fully saturated rings. The molecule has 0 saturated heterocycles. The highest BCUT2D eigenvalue weighted by Gasteiger charge is 2.25. The number of aromatic nitrogens is 1. The van der Waals surface area contributed by atoms with E-state index in [-0.39, 0.29) is 18.1 Å². The molecule has 1 aromatic heterocycles. The summed E-state index contributed by atoms with van der Waals surface area (Å²) in [6.07, 6.45) is -0.544. The van der Waals surface area contributed by atoms with Crippen LogP contribution >= 0.6 is 0 Å². The van der Waals surface area contributed by atoms with E-state index in [4.69, 9.17) is 9.47 Å². The number of ether oxygens (including phenoxy) is 2. The molecule has 1 N–H and O–H groups in total. The van der Waals surface area contributed by atoms with Gasteiger partial charge in [0.05, 0.1) is 12.2 Å². The van der Waals surface area contributed by atoms with Gasteiger partial charge in [-0.05, 0) is 51.0 Å². The van der Waals surface area contributed by atoms with Crippen LogP contribution in [0.15, 0.2) is 24.3 Å². The molecule has 0 radical (unpaired) electrons. The van der Waals surface area contributed by atoms with Crippen molar-refractivity contribution in [2.45, 2.75) is 33.8 Å². The Morgan fingerprint density at radius 2 is 1.79 bits per heavy atom. The van der Waals surface area contributed by atoms with Crippen LogP contribution in [0, 0.1) is 19.7 Å². The minimum absolute atomic E-state index is 0.246. The average molecular weight is 333 g/mol. The summed E-state index contributed by atoms with van der Waals surface area (Å²) in [5, 5.41) is 0. The molecular formula is C18H20FNO4. The van der Waals surface area contributed by atoms with Crippen molar-refractivity contribution in [1.29, 1.82) is 0 Å². The predicted octanol–water partition coefficient (Wildman–Crippen LogP) is 3.87. The summed E-state index contributed by atoms with van der Waals surface area (Å²) in [4.78, 5) is 27.2. The molecule has 24 heavy (non-hydrogen) atoms. The number of esters is 2. The number of benzene rings is 1. The summed E-state index contributed by atoms with van der Waals surface area (Å²) in [7, 11) is 0. The number of carbonyl (C=O) groups is 2. The molecule has 2 rings (SSSR count). The molecule has 0 unspecified atom stereocenters. The van der Waals surface area contributed by atoms with E-state index >= 15 is 0 Å². The molecule has 0 aliphatic rings. The van der Waals surface area contributed by atoms with Crippen LogP contribution < -0.4 is 0 Å². The highest BCUT2D eigenvalue weighted by atomic mass is 19.1. The van der Waals surface area contributed by atoms with Gasteiger partial charge >= 0.3 is 11.9 Å². The second-order valence-corrected chi connectivity index (χ2v) is 5.44. The number of aromatic amines is 1.